The standard InChI is InChI=1S/C15H21FN2O2/c1-17-15(19)7-11-5-6-18(9-11)10-12-3-4-13(16)8-14(12)20-2/h3-4,8,11H,5-7,9-10H2,1-2H3,(H,17,19)/t11-/m1/s1. The highest BCUT2D eigenvalue weighted by atomic mass is 19.1. The molecule has 1 aliphatic rings. The van der Waals surface area contributed by atoms with Gasteiger partial charge in [-0.2, -0.15) is 0 Å². The molecule has 1 atom stereocenters. The molecule has 0 aliphatic carbocycles. The van der Waals surface area contributed by atoms with Crippen LogP contribution in [0.4, 0.5) is 4.39 Å². The number of methoxy groups -OCH3 is 1. The fourth-order valence-corrected chi connectivity index (χ4v) is 2.68. The third kappa shape index (κ3) is 3.70. The van der Waals surface area contributed by atoms with E-state index in [1.165, 1.54) is 12.1 Å². The number of rotatable bonds is 5. The first-order chi connectivity index (χ1) is 9.62. The second-order valence-electron chi connectivity index (χ2n) is 5.22. The molecule has 1 amide bonds. The van der Waals surface area contributed by atoms with E-state index in [0.29, 0.717) is 18.1 Å². The molecular formula is C15H21FN2O2. The Hall–Kier alpha value is -1.62. The zero-order chi connectivity index (χ0) is 14.5. The lowest BCUT2D eigenvalue weighted by Crippen LogP contribution is -2.24. The molecule has 110 valence electrons. The van der Waals surface area contributed by atoms with Gasteiger partial charge in [-0.1, -0.05) is 6.07 Å². The van der Waals surface area contributed by atoms with Gasteiger partial charge < -0.3 is 10.1 Å². The smallest absolute Gasteiger partial charge is 0.220 e. The summed E-state index contributed by atoms with van der Waals surface area (Å²) in [5.74, 6) is 0.793. The maximum absolute atomic E-state index is 13.2. The molecule has 1 aliphatic heterocycles. The minimum atomic E-state index is -0.287. The van der Waals surface area contributed by atoms with Crippen LogP contribution in [0.15, 0.2) is 18.2 Å². The number of carbonyl (C=O) groups excluding carboxylic acids is 1. The van der Waals surface area contributed by atoms with E-state index in [0.717, 1.165) is 31.6 Å². The zero-order valence-electron chi connectivity index (χ0n) is 12.0. The maximum atomic E-state index is 13.2. The fraction of sp³-hybridized carbons (Fsp3) is 0.533. The molecule has 1 aromatic rings. The van der Waals surface area contributed by atoms with Crippen LogP contribution in [0.25, 0.3) is 0 Å². The molecule has 0 spiro atoms. The molecule has 0 unspecified atom stereocenters. The van der Waals surface area contributed by atoms with Crippen molar-refractivity contribution in [3.63, 3.8) is 0 Å². The SMILES string of the molecule is CNC(=O)C[C@H]1CCN(Cc2ccc(F)cc2OC)C1. The number of nitrogens with one attached hydrogen (secondary N) is 1. The van der Waals surface area contributed by atoms with Crippen molar-refractivity contribution in [2.24, 2.45) is 5.92 Å². The number of likely N-dealkylation sites (tertiary alicyclic amines) is 1. The number of ether oxygens (including phenoxy) is 1. The first-order valence-corrected chi connectivity index (χ1v) is 6.87. The first kappa shape index (κ1) is 14.8. The van der Waals surface area contributed by atoms with Crippen LogP contribution in [0.5, 0.6) is 5.75 Å². The normalized spacial score (nSPS) is 19.1. The summed E-state index contributed by atoms with van der Waals surface area (Å²) in [6.07, 6.45) is 1.60. The van der Waals surface area contributed by atoms with Crippen molar-refractivity contribution in [1.29, 1.82) is 0 Å². The van der Waals surface area contributed by atoms with E-state index >= 15 is 0 Å². The summed E-state index contributed by atoms with van der Waals surface area (Å²) in [4.78, 5) is 13.7. The van der Waals surface area contributed by atoms with E-state index in [1.807, 2.05) is 0 Å². The van der Waals surface area contributed by atoms with Gasteiger partial charge in [0.2, 0.25) is 5.91 Å². The van der Waals surface area contributed by atoms with Crippen LogP contribution in [-0.2, 0) is 11.3 Å². The van der Waals surface area contributed by atoms with Crippen molar-refractivity contribution < 1.29 is 13.9 Å². The predicted molar refractivity (Wildman–Crippen MR) is 75.0 cm³/mol. The molecule has 0 bridgehead atoms. The second kappa shape index (κ2) is 6.70. The number of hydrogen-bond acceptors (Lipinski definition) is 3. The van der Waals surface area contributed by atoms with Crippen LogP contribution in [0.2, 0.25) is 0 Å². The largest absolute Gasteiger partial charge is 0.496 e. The summed E-state index contributed by atoms with van der Waals surface area (Å²) in [7, 11) is 3.22. The van der Waals surface area contributed by atoms with Crippen molar-refractivity contribution in [2.45, 2.75) is 19.4 Å². The Bertz CT molecular complexity index is 479. The summed E-state index contributed by atoms with van der Waals surface area (Å²) in [6.45, 7) is 2.59. The molecule has 0 radical (unpaired) electrons. The second-order valence-corrected chi connectivity index (χ2v) is 5.22. The van der Waals surface area contributed by atoms with E-state index in [4.69, 9.17) is 4.74 Å². The molecule has 0 saturated carbocycles. The minimum Gasteiger partial charge on any atom is -0.496 e. The van der Waals surface area contributed by atoms with Crippen molar-refractivity contribution in [3.8, 4) is 5.75 Å². The van der Waals surface area contributed by atoms with Gasteiger partial charge in [-0.25, -0.2) is 4.39 Å². The van der Waals surface area contributed by atoms with Crippen LogP contribution in [0, 0.1) is 11.7 Å². The Morgan fingerprint density at radius 1 is 1.55 bits per heavy atom. The average Bonchev–Trinajstić information content (AvgIpc) is 2.87. The molecule has 1 aromatic carbocycles. The highest BCUT2D eigenvalue weighted by Gasteiger charge is 2.24. The van der Waals surface area contributed by atoms with Gasteiger partial charge in [-0.15, -0.1) is 0 Å². The Balaban J connectivity index is 1.93. The summed E-state index contributed by atoms with van der Waals surface area (Å²) >= 11 is 0. The van der Waals surface area contributed by atoms with E-state index in [9.17, 15) is 9.18 Å². The van der Waals surface area contributed by atoms with Crippen molar-refractivity contribution in [3.05, 3.63) is 29.6 Å². The van der Waals surface area contributed by atoms with Gasteiger partial charge in [0, 0.05) is 38.2 Å². The molecule has 0 aromatic heterocycles. The Kier molecular flexibility index (Phi) is 4.95. The lowest BCUT2D eigenvalue weighted by molar-refractivity contribution is -0.121. The molecule has 1 N–H and O–H groups in total. The number of halogens is 1. The van der Waals surface area contributed by atoms with Gasteiger partial charge >= 0.3 is 0 Å². The summed E-state index contributed by atoms with van der Waals surface area (Å²) < 4.78 is 18.4. The van der Waals surface area contributed by atoms with Crippen LogP contribution >= 0.6 is 0 Å². The molecule has 4 nitrogen and oxygen atoms in total. The third-order valence-electron chi connectivity index (χ3n) is 3.77. The molecule has 5 heteroatoms. The quantitative estimate of drug-likeness (QED) is 0.894. The van der Waals surface area contributed by atoms with Crippen LogP contribution in [0.3, 0.4) is 0 Å². The van der Waals surface area contributed by atoms with Crippen LogP contribution in [0.1, 0.15) is 18.4 Å². The summed E-state index contributed by atoms with van der Waals surface area (Å²) in [6, 6.07) is 4.63. The van der Waals surface area contributed by atoms with Gasteiger partial charge in [0.15, 0.2) is 0 Å². The van der Waals surface area contributed by atoms with Crippen molar-refractivity contribution in [1.82, 2.24) is 10.2 Å². The van der Waals surface area contributed by atoms with Gasteiger partial charge in [-0.3, -0.25) is 9.69 Å². The lowest BCUT2D eigenvalue weighted by Gasteiger charge is -2.18. The van der Waals surface area contributed by atoms with Crippen LogP contribution in [-0.4, -0.2) is 38.1 Å². The van der Waals surface area contributed by atoms with Crippen molar-refractivity contribution in [2.75, 3.05) is 27.2 Å². The number of benzene rings is 1. The highest BCUT2D eigenvalue weighted by molar-refractivity contribution is 5.75. The first-order valence-electron chi connectivity index (χ1n) is 6.87. The van der Waals surface area contributed by atoms with E-state index < -0.39 is 0 Å². The molecule has 1 heterocycles. The summed E-state index contributed by atoms with van der Waals surface area (Å²) in [5, 5.41) is 2.66. The Morgan fingerprint density at radius 2 is 2.35 bits per heavy atom. The third-order valence-corrected chi connectivity index (χ3v) is 3.77. The topological polar surface area (TPSA) is 41.6 Å². The fourth-order valence-electron chi connectivity index (χ4n) is 2.68. The summed E-state index contributed by atoms with van der Waals surface area (Å²) in [5.41, 5.74) is 0.981. The number of amides is 1. The van der Waals surface area contributed by atoms with Gasteiger partial charge in [-0.05, 0) is 24.9 Å². The van der Waals surface area contributed by atoms with Gasteiger partial charge in [0.1, 0.15) is 11.6 Å². The monoisotopic (exact) mass is 280 g/mol. The predicted octanol–water partition coefficient (Wildman–Crippen LogP) is 1.79. The lowest BCUT2D eigenvalue weighted by atomic mass is 10.0. The Labute approximate surface area is 118 Å². The molecule has 1 saturated heterocycles. The Morgan fingerprint density at radius 3 is 3.05 bits per heavy atom. The molecule has 1 fully saturated rings. The molecule has 2 rings (SSSR count). The van der Waals surface area contributed by atoms with E-state index in [1.54, 1.807) is 20.2 Å². The number of nitrogens with zero attached hydrogens (tertiary/aromatic N) is 1. The highest BCUT2D eigenvalue weighted by Crippen LogP contribution is 2.25. The van der Waals surface area contributed by atoms with E-state index in [2.05, 4.69) is 10.2 Å². The zero-order valence-corrected chi connectivity index (χ0v) is 12.0. The number of carbonyl (C=O) groups is 1. The van der Waals surface area contributed by atoms with Crippen molar-refractivity contribution >= 4 is 5.91 Å². The average molecular weight is 280 g/mol. The molecule has 20 heavy (non-hydrogen) atoms. The maximum Gasteiger partial charge on any atom is 0.220 e. The van der Waals surface area contributed by atoms with Crippen LogP contribution < -0.4 is 10.1 Å². The number of hydrogen-bond donors (Lipinski definition) is 1. The van der Waals surface area contributed by atoms with Gasteiger partial charge in [0.05, 0.1) is 7.11 Å². The van der Waals surface area contributed by atoms with Gasteiger partial charge in [0.25, 0.3) is 0 Å². The molecular weight excluding hydrogens is 259 g/mol. The minimum absolute atomic E-state index is 0.0937. The van der Waals surface area contributed by atoms with E-state index in [-0.39, 0.29) is 11.7 Å².